The molecule has 1 aliphatic rings. The minimum Gasteiger partial charge on any atom is -0.593 e. The van der Waals surface area contributed by atoms with Gasteiger partial charge < -0.3 is 9.29 Å². The monoisotopic (exact) mass is 423 g/mol. The largest absolute Gasteiger partial charge is 0.593 e. The molecule has 0 spiro atoms. The van der Waals surface area contributed by atoms with Crippen molar-refractivity contribution in [3.8, 4) is 17.0 Å². The Bertz CT molecular complexity index is 1070. The first kappa shape index (κ1) is 20.7. The second-order valence-electron chi connectivity index (χ2n) is 7.21. The zero-order valence-electron chi connectivity index (χ0n) is 17.2. The molecule has 0 N–H and O–H groups in total. The van der Waals surface area contributed by atoms with E-state index < -0.39 is 10.4 Å². The number of nitrogens with zero attached hydrogens (tertiary/aromatic N) is 3. The van der Waals surface area contributed by atoms with E-state index in [9.17, 15) is 8.76 Å². The third-order valence-electron chi connectivity index (χ3n) is 5.41. The van der Waals surface area contributed by atoms with Gasteiger partial charge in [-0.05, 0) is 42.8 Å². The van der Waals surface area contributed by atoms with E-state index in [4.69, 9.17) is 14.7 Å². The summed E-state index contributed by atoms with van der Waals surface area (Å²) in [7, 11) is -1.90. The Hall–Kier alpha value is -2.61. The van der Waals surface area contributed by atoms with Gasteiger partial charge in [0.25, 0.3) is 0 Å². The summed E-state index contributed by atoms with van der Waals surface area (Å²) in [5, 5.41) is 0. The van der Waals surface area contributed by atoms with Gasteiger partial charge in [-0.25, -0.2) is 9.97 Å². The Morgan fingerprint density at radius 2 is 1.73 bits per heavy atom. The number of hydrogen-bond acceptors (Lipinski definition) is 5. The highest BCUT2D eigenvalue weighted by atomic mass is 32.3. The van der Waals surface area contributed by atoms with Crippen molar-refractivity contribution in [2.45, 2.75) is 31.1 Å². The number of sulfonamides is 1. The van der Waals surface area contributed by atoms with E-state index in [1.54, 1.807) is 35.7 Å². The summed E-state index contributed by atoms with van der Waals surface area (Å²) >= 11 is 0. The Kier molecular flexibility index (Phi) is 5.94. The summed E-state index contributed by atoms with van der Waals surface area (Å²) in [6.45, 7) is 2.84. The molecule has 7 heteroatoms. The predicted molar refractivity (Wildman–Crippen MR) is 116 cm³/mol. The highest BCUT2D eigenvalue weighted by molar-refractivity contribution is 7.95. The van der Waals surface area contributed by atoms with Crippen molar-refractivity contribution in [1.29, 1.82) is 0 Å². The lowest BCUT2D eigenvalue weighted by Gasteiger charge is -2.25. The predicted octanol–water partition coefficient (Wildman–Crippen LogP) is 3.72. The zero-order chi connectivity index (χ0) is 21.1. The smallest absolute Gasteiger partial charge is 0.175 e. The molecular formula is C23H25N3O3S. The number of benzene rings is 2. The number of fused-ring (bicyclic) bond motifs is 1. The maximum atomic E-state index is 13.1. The molecule has 2 aromatic carbocycles. The molecule has 0 saturated carbocycles. The number of aryl methyl sites for hydroxylation is 1. The maximum Gasteiger partial charge on any atom is 0.175 e. The van der Waals surface area contributed by atoms with Crippen LogP contribution in [0.3, 0.4) is 0 Å². The molecule has 4 rings (SSSR count). The van der Waals surface area contributed by atoms with Crippen molar-refractivity contribution >= 4 is 10.4 Å². The van der Waals surface area contributed by atoms with Crippen molar-refractivity contribution in [2.75, 3.05) is 20.2 Å². The van der Waals surface area contributed by atoms with Crippen molar-refractivity contribution in [3.05, 3.63) is 71.7 Å². The first-order chi connectivity index (χ1) is 14.5. The lowest BCUT2D eigenvalue weighted by Crippen LogP contribution is -2.38. The van der Waals surface area contributed by atoms with Crippen LogP contribution in [0.5, 0.6) is 5.75 Å². The highest BCUT2D eigenvalue weighted by Crippen LogP contribution is 2.30. The third kappa shape index (κ3) is 4.01. The quantitative estimate of drug-likeness (QED) is 0.585. The number of aromatic nitrogens is 2. The molecule has 1 aliphatic heterocycles. The van der Waals surface area contributed by atoms with Crippen LogP contribution in [0.15, 0.2) is 59.5 Å². The lowest BCUT2D eigenvalue weighted by atomic mass is 10.0. The molecule has 0 amide bonds. The molecule has 6 nitrogen and oxygen atoms in total. The van der Waals surface area contributed by atoms with Gasteiger partial charge in [0, 0.05) is 42.8 Å². The first-order valence-electron chi connectivity index (χ1n) is 10.1. The van der Waals surface area contributed by atoms with Gasteiger partial charge in [0.15, 0.2) is 15.3 Å². The van der Waals surface area contributed by atoms with Crippen LogP contribution >= 0.6 is 0 Å². The van der Waals surface area contributed by atoms with Crippen molar-refractivity contribution < 1.29 is 13.5 Å². The molecule has 1 atom stereocenters. The number of hydrogen-bond donors (Lipinski definition) is 0. The van der Waals surface area contributed by atoms with Gasteiger partial charge >= 0.3 is 0 Å². The molecular weight excluding hydrogens is 398 g/mol. The van der Waals surface area contributed by atoms with Crippen LogP contribution < -0.4 is 4.74 Å². The van der Waals surface area contributed by atoms with Crippen LogP contribution in [0.4, 0.5) is 0 Å². The van der Waals surface area contributed by atoms with Crippen LogP contribution in [0.25, 0.3) is 11.3 Å². The molecule has 3 aromatic rings. The zero-order valence-corrected chi connectivity index (χ0v) is 18.0. The number of methoxy groups -OCH3 is 1. The van der Waals surface area contributed by atoms with E-state index in [-0.39, 0.29) is 0 Å². The summed E-state index contributed by atoms with van der Waals surface area (Å²) in [5.41, 5.74) is 3.85. The molecule has 2 heterocycles. The normalized spacial score (nSPS) is 16.4. The molecule has 0 bridgehead atoms. The molecule has 30 heavy (non-hydrogen) atoms. The molecule has 0 aliphatic carbocycles. The van der Waals surface area contributed by atoms with E-state index in [1.165, 1.54) is 0 Å². The first-order valence-corrected chi connectivity index (χ1v) is 11.5. The van der Waals surface area contributed by atoms with Gasteiger partial charge in [-0.15, -0.1) is 4.31 Å². The summed E-state index contributed by atoms with van der Waals surface area (Å²) < 4.78 is 33.1. The van der Waals surface area contributed by atoms with Crippen LogP contribution in [-0.2, 0) is 33.9 Å². The standard InChI is InChI=1S/C23H25N3O3S/c1-3-22-24-21-14-16-26(30(27,28)19-7-5-4-6-8-19)15-13-20(21)23(25-22)17-9-11-18(29-2)12-10-17/h4-12H,3,13-16H2,1-2H3. The van der Waals surface area contributed by atoms with Gasteiger partial charge in [-0.3, -0.25) is 0 Å². The summed E-state index contributed by atoms with van der Waals surface area (Å²) in [4.78, 5) is 9.87. The fourth-order valence-electron chi connectivity index (χ4n) is 3.76. The second kappa shape index (κ2) is 8.63. The third-order valence-corrected chi connectivity index (χ3v) is 7.32. The Labute approximate surface area is 178 Å². The Morgan fingerprint density at radius 1 is 1.03 bits per heavy atom. The van der Waals surface area contributed by atoms with E-state index in [0.717, 1.165) is 40.5 Å². The van der Waals surface area contributed by atoms with Gasteiger partial charge in [-0.1, -0.05) is 29.3 Å². The highest BCUT2D eigenvalue weighted by Gasteiger charge is 2.32. The van der Waals surface area contributed by atoms with E-state index in [2.05, 4.69) is 0 Å². The van der Waals surface area contributed by atoms with Crippen LogP contribution in [0, 0.1) is 0 Å². The average Bonchev–Trinajstić information content (AvgIpc) is 3.02. The molecule has 0 fully saturated rings. The summed E-state index contributed by atoms with van der Waals surface area (Å²) in [5.74, 6) is 1.56. The molecule has 156 valence electrons. The molecule has 1 unspecified atom stereocenters. The molecule has 1 aromatic heterocycles. The number of rotatable bonds is 5. The summed E-state index contributed by atoms with van der Waals surface area (Å²) in [6, 6.07) is 16.4. The second-order valence-corrected chi connectivity index (χ2v) is 9.15. The van der Waals surface area contributed by atoms with Gasteiger partial charge in [0.05, 0.1) is 12.8 Å². The lowest BCUT2D eigenvalue weighted by molar-refractivity contribution is 0.363. The topological polar surface area (TPSA) is 78.4 Å². The van der Waals surface area contributed by atoms with Gasteiger partial charge in [-0.2, -0.15) is 0 Å². The average molecular weight is 424 g/mol. The van der Waals surface area contributed by atoms with Crippen LogP contribution in [-0.4, -0.2) is 39.0 Å². The van der Waals surface area contributed by atoms with E-state index in [0.29, 0.717) is 30.8 Å². The number of ether oxygens (including phenoxy) is 1. The van der Waals surface area contributed by atoms with Crippen molar-refractivity contribution in [1.82, 2.24) is 14.3 Å². The Morgan fingerprint density at radius 3 is 2.40 bits per heavy atom. The van der Waals surface area contributed by atoms with Crippen LogP contribution in [0.1, 0.15) is 24.0 Å². The molecule has 0 radical (unpaired) electrons. The fraction of sp³-hybridized carbons (Fsp3) is 0.304. The fourth-order valence-corrected chi connectivity index (χ4v) is 5.22. The van der Waals surface area contributed by atoms with E-state index >= 15 is 0 Å². The Balaban J connectivity index is 1.69. The summed E-state index contributed by atoms with van der Waals surface area (Å²) in [6.07, 6.45) is 1.87. The SMILES string of the molecule is CCc1nc2c(c(-c3ccc(OC)cc3)n1)CCN([S+](=O)([O-])c1ccccc1)CC2. The van der Waals surface area contributed by atoms with Crippen molar-refractivity contribution in [2.24, 2.45) is 0 Å². The minimum atomic E-state index is -3.54. The minimum absolute atomic E-state index is 0.326. The molecule has 0 saturated heterocycles. The van der Waals surface area contributed by atoms with Crippen LogP contribution in [0.2, 0.25) is 0 Å². The van der Waals surface area contributed by atoms with Gasteiger partial charge in [0.2, 0.25) is 0 Å². The van der Waals surface area contributed by atoms with E-state index in [1.807, 2.05) is 37.3 Å². The van der Waals surface area contributed by atoms with Crippen molar-refractivity contribution in [3.63, 3.8) is 0 Å². The maximum absolute atomic E-state index is 13.1. The van der Waals surface area contributed by atoms with Gasteiger partial charge in [0.1, 0.15) is 11.6 Å².